The first-order valence-electron chi connectivity index (χ1n) is 12.2. The SMILES string of the molecule is Cc1nc(-c2nnn(C)c2Cc2nccc(OCC3CC3)n2)ccc1O[C@H]1CCC[C@H](C(=O)O)C1. The number of rotatable bonds is 9. The van der Waals surface area contributed by atoms with Crippen molar-refractivity contribution >= 4 is 5.97 Å². The third-order valence-electron chi connectivity index (χ3n) is 6.66. The van der Waals surface area contributed by atoms with E-state index in [-0.39, 0.29) is 12.0 Å². The molecule has 2 fully saturated rings. The fourth-order valence-corrected chi connectivity index (χ4v) is 4.42. The van der Waals surface area contributed by atoms with Crippen LogP contribution >= 0.6 is 0 Å². The Morgan fingerprint density at radius 3 is 2.80 bits per heavy atom. The second-order valence-electron chi connectivity index (χ2n) is 9.47. The second-order valence-corrected chi connectivity index (χ2v) is 9.47. The molecule has 5 rings (SSSR count). The summed E-state index contributed by atoms with van der Waals surface area (Å²) in [5, 5.41) is 17.9. The molecule has 2 atom stereocenters. The van der Waals surface area contributed by atoms with Gasteiger partial charge < -0.3 is 14.6 Å². The molecule has 1 N–H and O–H groups in total. The highest BCUT2D eigenvalue weighted by Crippen LogP contribution is 2.31. The van der Waals surface area contributed by atoms with Crippen LogP contribution in [0.3, 0.4) is 0 Å². The highest BCUT2D eigenvalue weighted by molar-refractivity contribution is 5.70. The molecule has 3 aromatic heterocycles. The van der Waals surface area contributed by atoms with E-state index in [1.807, 2.05) is 26.1 Å². The number of carboxylic acid groups (broad SMARTS) is 1. The highest BCUT2D eigenvalue weighted by atomic mass is 16.5. The molecule has 0 saturated heterocycles. The first-order valence-corrected chi connectivity index (χ1v) is 12.2. The maximum Gasteiger partial charge on any atom is 0.306 e. The summed E-state index contributed by atoms with van der Waals surface area (Å²) in [6.45, 7) is 2.58. The topological polar surface area (TPSA) is 125 Å². The first kappa shape index (κ1) is 23.2. The number of carbonyl (C=O) groups is 1. The third kappa shape index (κ3) is 5.58. The monoisotopic (exact) mass is 478 g/mol. The van der Waals surface area contributed by atoms with Crippen molar-refractivity contribution in [3.63, 3.8) is 0 Å². The summed E-state index contributed by atoms with van der Waals surface area (Å²) in [5.41, 5.74) is 2.93. The molecule has 184 valence electrons. The zero-order valence-electron chi connectivity index (χ0n) is 20.1. The highest BCUT2D eigenvalue weighted by Gasteiger charge is 2.28. The molecule has 0 amide bonds. The van der Waals surface area contributed by atoms with Gasteiger partial charge in [-0.15, -0.1) is 5.10 Å². The van der Waals surface area contributed by atoms with Crippen LogP contribution in [0.15, 0.2) is 24.4 Å². The lowest BCUT2D eigenvalue weighted by Crippen LogP contribution is -2.29. The van der Waals surface area contributed by atoms with Crippen LogP contribution in [0.1, 0.15) is 55.7 Å². The van der Waals surface area contributed by atoms with Crippen LogP contribution in [0.5, 0.6) is 11.6 Å². The lowest BCUT2D eigenvalue weighted by molar-refractivity contribution is -0.143. The van der Waals surface area contributed by atoms with Crippen molar-refractivity contribution in [2.24, 2.45) is 18.9 Å². The number of nitrogens with zero attached hydrogens (tertiary/aromatic N) is 6. The molecule has 0 aromatic carbocycles. The van der Waals surface area contributed by atoms with Gasteiger partial charge in [0.15, 0.2) is 0 Å². The van der Waals surface area contributed by atoms with Crippen LogP contribution < -0.4 is 9.47 Å². The molecule has 2 saturated carbocycles. The Kier molecular flexibility index (Phi) is 6.61. The molecule has 0 aliphatic heterocycles. The lowest BCUT2D eigenvalue weighted by Gasteiger charge is -2.27. The summed E-state index contributed by atoms with van der Waals surface area (Å²) < 4.78 is 13.7. The summed E-state index contributed by atoms with van der Waals surface area (Å²) in [6.07, 6.45) is 7.42. The van der Waals surface area contributed by atoms with E-state index < -0.39 is 5.97 Å². The maximum atomic E-state index is 11.4. The first-order chi connectivity index (χ1) is 17.0. The second kappa shape index (κ2) is 9.97. The molecule has 10 nitrogen and oxygen atoms in total. The van der Waals surface area contributed by atoms with E-state index in [9.17, 15) is 9.90 Å². The van der Waals surface area contributed by atoms with Gasteiger partial charge in [0.2, 0.25) is 5.88 Å². The van der Waals surface area contributed by atoms with Gasteiger partial charge >= 0.3 is 5.97 Å². The summed E-state index contributed by atoms with van der Waals surface area (Å²) in [5.74, 6) is 1.44. The number of carboxylic acids is 1. The van der Waals surface area contributed by atoms with Crippen molar-refractivity contribution in [3.8, 4) is 23.0 Å². The Bertz CT molecular complexity index is 1210. The maximum absolute atomic E-state index is 11.4. The van der Waals surface area contributed by atoms with Gasteiger partial charge in [-0.2, -0.15) is 4.98 Å². The van der Waals surface area contributed by atoms with Gasteiger partial charge in [-0.3, -0.25) is 9.48 Å². The zero-order valence-corrected chi connectivity index (χ0v) is 20.1. The standard InChI is InChI=1S/C25H30N6O4/c1-15-21(35-18-5-3-4-17(12-18)25(32)33)9-8-19(27-15)24-20(31(2)30-29-24)13-22-26-11-10-23(28-22)34-14-16-6-7-16/h8-11,16-18H,3-7,12-14H2,1-2H3,(H,32,33)/t17-,18-/m0/s1. The molecule has 0 spiro atoms. The molecule has 2 aliphatic carbocycles. The summed E-state index contributed by atoms with van der Waals surface area (Å²) in [7, 11) is 1.84. The van der Waals surface area contributed by atoms with Gasteiger partial charge in [-0.05, 0) is 63.5 Å². The van der Waals surface area contributed by atoms with Gasteiger partial charge in [-0.1, -0.05) is 5.21 Å². The largest absolute Gasteiger partial charge is 0.489 e. The number of aromatic nitrogens is 6. The van der Waals surface area contributed by atoms with Crippen molar-refractivity contribution in [1.29, 1.82) is 0 Å². The quantitative estimate of drug-likeness (QED) is 0.492. The normalized spacial score (nSPS) is 19.9. The van der Waals surface area contributed by atoms with Crippen LogP contribution in [0.4, 0.5) is 0 Å². The third-order valence-corrected chi connectivity index (χ3v) is 6.66. The van der Waals surface area contributed by atoms with Crippen LogP contribution in [-0.2, 0) is 18.3 Å². The van der Waals surface area contributed by atoms with Crippen LogP contribution in [0, 0.1) is 18.8 Å². The van der Waals surface area contributed by atoms with E-state index >= 15 is 0 Å². The van der Waals surface area contributed by atoms with Gasteiger partial charge in [0.05, 0.1) is 42.1 Å². The molecule has 0 radical (unpaired) electrons. The Morgan fingerprint density at radius 2 is 2.03 bits per heavy atom. The average Bonchev–Trinajstić information content (AvgIpc) is 3.62. The molecule has 10 heteroatoms. The van der Waals surface area contributed by atoms with Gasteiger partial charge in [0.25, 0.3) is 0 Å². The number of hydrogen-bond donors (Lipinski definition) is 1. The van der Waals surface area contributed by atoms with Crippen LogP contribution in [0.25, 0.3) is 11.4 Å². The number of ether oxygens (including phenoxy) is 2. The van der Waals surface area contributed by atoms with E-state index in [0.717, 1.165) is 24.2 Å². The summed E-state index contributed by atoms with van der Waals surface area (Å²) >= 11 is 0. The Balaban J connectivity index is 1.31. The summed E-state index contributed by atoms with van der Waals surface area (Å²) in [6, 6.07) is 5.52. The Labute approximate surface area is 203 Å². The fraction of sp³-hybridized carbons (Fsp3) is 0.520. The molecule has 3 heterocycles. The van der Waals surface area contributed by atoms with Crippen molar-refractivity contribution in [2.75, 3.05) is 6.61 Å². The molecular formula is C25H30N6O4. The van der Waals surface area contributed by atoms with E-state index in [0.29, 0.717) is 60.6 Å². The van der Waals surface area contributed by atoms with E-state index in [1.54, 1.807) is 16.9 Å². The van der Waals surface area contributed by atoms with E-state index in [4.69, 9.17) is 14.5 Å². The number of pyridine rings is 1. The molecule has 3 aromatic rings. The zero-order chi connectivity index (χ0) is 24.4. The number of aliphatic carboxylic acids is 1. The molecule has 0 bridgehead atoms. The predicted octanol–water partition coefficient (Wildman–Crippen LogP) is 3.38. The van der Waals surface area contributed by atoms with Gasteiger partial charge in [0, 0.05) is 19.3 Å². The predicted molar refractivity (Wildman–Crippen MR) is 126 cm³/mol. The Morgan fingerprint density at radius 1 is 1.17 bits per heavy atom. The van der Waals surface area contributed by atoms with Crippen LogP contribution in [-0.4, -0.2) is 53.7 Å². The summed E-state index contributed by atoms with van der Waals surface area (Å²) in [4.78, 5) is 25.1. The fourth-order valence-electron chi connectivity index (χ4n) is 4.42. The van der Waals surface area contributed by atoms with Crippen molar-refractivity contribution in [3.05, 3.63) is 41.6 Å². The Hall–Kier alpha value is -3.56. The molecule has 35 heavy (non-hydrogen) atoms. The minimum Gasteiger partial charge on any atom is -0.489 e. The van der Waals surface area contributed by atoms with Crippen molar-refractivity contribution in [1.82, 2.24) is 29.9 Å². The van der Waals surface area contributed by atoms with E-state index in [2.05, 4.69) is 20.3 Å². The molecule has 0 unspecified atom stereocenters. The lowest BCUT2D eigenvalue weighted by atomic mass is 9.87. The van der Waals surface area contributed by atoms with Crippen molar-refractivity contribution in [2.45, 2.75) is 58.0 Å². The van der Waals surface area contributed by atoms with Crippen molar-refractivity contribution < 1.29 is 19.4 Å². The van der Waals surface area contributed by atoms with Crippen LogP contribution in [0.2, 0.25) is 0 Å². The van der Waals surface area contributed by atoms with Gasteiger partial charge in [0.1, 0.15) is 17.3 Å². The number of hydrogen-bond acceptors (Lipinski definition) is 8. The minimum atomic E-state index is -0.748. The smallest absolute Gasteiger partial charge is 0.306 e. The van der Waals surface area contributed by atoms with E-state index in [1.165, 1.54) is 12.8 Å². The molecular weight excluding hydrogens is 448 g/mol. The minimum absolute atomic E-state index is 0.116. The average molecular weight is 479 g/mol. The number of aryl methyl sites for hydroxylation is 2. The molecule has 2 aliphatic rings. The van der Waals surface area contributed by atoms with Gasteiger partial charge in [-0.25, -0.2) is 9.97 Å².